The largest absolute Gasteiger partial charge is 0.508 e. The first kappa shape index (κ1) is 27.9. The molecule has 0 amide bonds. The molecule has 6 rings (SSSR count). The van der Waals surface area contributed by atoms with E-state index in [0.717, 1.165) is 45.3 Å². The van der Waals surface area contributed by atoms with Crippen LogP contribution in [0.25, 0.3) is 11.1 Å². The molecule has 6 aromatic rings. The van der Waals surface area contributed by atoms with Crippen LogP contribution in [0.1, 0.15) is 22.3 Å². The standard InChI is InChI=1S/C40H36N2O/c1-28-9-5-13-34(21-28)41(35-14-6-10-29(2)22-35)38-25-33(32-17-19-40(43)20-18-32)26-39(27-38)42(36-15-7-11-30(3)23-36)37-16-8-12-31(4)24-37/h5-27,43H,1-4H3. The van der Waals surface area contributed by atoms with Gasteiger partial charge in [-0.25, -0.2) is 0 Å². The third-order valence-electron chi connectivity index (χ3n) is 7.66. The van der Waals surface area contributed by atoms with Gasteiger partial charge in [0.15, 0.2) is 0 Å². The van der Waals surface area contributed by atoms with E-state index in [9.17, 15) is 5.11 Å². The Morgan fingerprint density at radius 3 is 1.02 bits per heavy atom. The summed E-state index contributed by atoms with van der Waals surface area (Å²) in [5.41, 5.74) is 13.4. The highest BCUT2D eigenvalue weighted by atomic mass is 16.3. The number of benzene rings is 6. The first-order chi connectivity index (χ1) is 20.8. The maximum absolute atomic E-state index is 10.1. The van der Waals surface area contributed by atoms with E-state index in [4.69, 9.17) is 0 Å². The van der Waals surface area contributed by atoms with E-state index in [1.54, 1.807) is 12.1 Å². The molecule has 0 aliphatic heterocycles. The molecule has 0 aliphatic rings. The van der Waals surface area contributed by atoms with Crippen LogP contribution in [0.3, 0.4) is 0 Å². The Kier molecular flexibility index (Phi) is 7.72. The van der Waals surface area contributed by atoms with Crippen LogP contribution in [0.2, 0.25) is 0 Å². The first-order valence-electron chi connectivity index (χ1n) is 14.7. The lowest BCUT2D eigenvalue weighted by Gasteiger charge is -2.31. The smallest absolute Gasteiger partial charge is 0.115 e. The molecule has 3 heteroatoms. The van der Waals surface area contributed by atoms with Gasteiger partial charge in [-0.1, -0.05) is 60.7 Å². The fraction of sp³-hybridized carbons (Fsp3) is 0.100. The van der Waals surface area contributed by atoms with E-state index >= 15 is 0 Å². The highest BCUT2D eigenvalue weighted by Gasteiger charge is 2.20. The number of anilines is 6. The topological polar surface area (TPSA) is 26.7 Å². The molecule has 0 saturated heterocycles. The number of aromatic hydroxyl groups is 1. The fourth-order valence-electron chi connectivity index (χ4n) is 5.64. The number of phenolic OH excluding ortho intramolecular Hbond substituents is 1. The van der Waals surface area contributed by atoms with Crippen molar-refractivity contribution in [2.75, 3.05) is 9.80 Å². The second-order valence-electron chi connectivity index (χ2n) is 11.3. The summed E-state index contributed by atoms with van der Waals surface area (Å²) in [6, 6.07) is 48.8. The molecule has 6 aromatic carbocycles. The Morgan fingerprint density at radius 1 is 0.349 bits per heavy atom. The van der Waals surface area contributed by atoms with Crippen LogP contribution >= 0.6 is 0 Å². The molecule has 212 valence electrons. The lowest BCUT2D eigenvalue weighted by Crippen LogP contribution is -2.14. The number of nitrogens with zero attached hydrogens (tertiary/aromatic N) is 2. The molecule has 0 radical (unpaired) electrons. The maximum Gasteiger partial charge on any atom is 0.115 e. The molecule has 0 atom stereocenters. The Bertz CT molecular complexity index is 1690. The van der Waals surface area contributed by atoms with Crippen LogP contribution in [0.5, 0.6) is 5.75 Å². The van der Waals surface area contributed by atoms with Crippen LogP contribution < -0.4 is 9.80 Å². The number of hydrogen-bond donors (Lipinski definition) is 1. The lowest BCUT2D eigenvalue weighted by atomic mass is 10.0. The first-order valence-corrected chi connectivity index (χ1v) is 14.7. The second-order valence-corrected chi connectivity index (χ2v) is 11.3. The minimum absolute atomic E-state index is 0.252. The van der Waals surface area contributed by atoms with Gasteiger partial charge in [-0.05, 0) is 140 Å². The number of rotatable bonds is 7. The zero-order valence-corrected chi connectivity index (χ0v) is 25.1. The molecule has 0 unspecified atom stereocenters. The minimum Gasteiger partial charge on any atom is -0.508 e. The van der Waals surface area contributed by atoms with Crippen LogP contribution in [-0.2, 0) is 0 Å². The molecule has 0 saturated carbocycles. The summed E-state index contributed by atoms with van der Waals surface area (Å²) in [5, 5.41) is 10.1. The number of phenols is 1. The van der Waals surface area contributed by atoms with Crippen molar-refractivity contribution in [1.82, 2.24) is 0 Å². The number of aryl methyl sites for hydroxylation is 4. The zero-order valence-electron chi connectivity index (χ0n) is 25.1. The van der Waals surface area contributed by atoms with E-state index < -0.39 is 0 Å². The van der Waals surface area contributed by atoms with Gasteiger partial charge in [0.05, 0.1) is 0 Å². The summed E-state index contributed by atoms with van der Waals surface area (Å²) >= 11 is 0. The second kappa shape index (κ2) is 11.9. The average molecular weight is 561 g/mol. The zero-order chi connectivity index (χ0) is 29.9. The molecule has 0 heterocycles. The molecule has 43 heavy (non-hydrogen) atoms. The van der Waals surface area contributed by atoms with Gasteiger partial charge < -0.3 is 14.9 Å². The van der Waals surface area contributed by atoms with Crippen molar-refractivity contribution < 1.29 is 5.11 Å². The van der Waals surface area contributed by atoms with Crippen molar-refractivity contribution in [3.05, 3.63) is 162 Å². The van der Waals surface area contributed by atoms with Crippen LogP contribution in [0, 0.1) is 27.7 Å². The predicted octanol–water partition coefficient (Wildman–Crippen LogP) is 11.2. The van der Waals surface area contributed by atoms with Gasteiger partial charge in [-0.3, -0.25) is 0 Å². The van der Waals surface area contributed by atoms with Crippen molar-refractivity contribution >= 4 is 34.1 Å². The molecular formula is C40H36N2O. The number of hydrogen-bond acceptors (Lipinski definition) is 3. The van der Waals surface area contributed by atoms with E-state index in [1.165, 1.54) is 22.3 Å². The Hall–Kier alpha value is -5.28. The van der Waals surface area contributed by atoms with E-state index in [-0.39, 0.29) is 5.75 Å². The van der Waals surface area contributed by atoms with Gasteiger partial charge in [0, 0.05) is 34.1 Å². The third kappa shape index (κ3) is 6.17. The summed E-state index contributed by atoms with van der Waals surface area (Å²) < 4.78 is 0. The average Bonchev–Trinajstić information content (AvgIpc) is 2.98. The van der Waals surface area contributed by atoms with Gasteiger partial charge in [0.25, 0.3) is 0 Å². The summed E-state index contributed by atoms with van der Waals surface area (Å²) in [4.78, 5) is 4.66. The van der Waals surface area contributed by atoms with Crippen molar-refractivity contribution in [3.63, 3.8) is 0 Å². The van der Waals surface area contributed by atoms with Crippen LogP contribution in [-0.4, -0.2) is 5.11 Å². The molecule has 0 fully saturated rings. The molecule has 0 aliphatic carbocycles. The molecule has 0 spiro atoms. The predicted molar refractivity (Wildman–Crippen MR) is 182 cm³/mol. The molecular weight excluding hydrogens is 524 g/mol. The maximum atomic E-state index is 10.1. The molecule has 0 aromatic heterocycles. The highest BCUT2D eigenvalue weighted by molar-refractivity contribution is 5.87. The van der Waals surface area contributed by atoms with Gasteiger partial charge in [-0.15, -0.1) is 0 Å². The van der Waals surface area contributed by atoms with Crippen LogP contribution in [0.4, 0.5) is 34.1 Å². The summed E-state index contributed by atoms with van der Waals surface area (Å²) in [7, 11) is 0. The van der Waals surface area contributed by atoms with Crippen LogP contribution in [0.15, 0.2) is 140 Å². The monoisotopic (exact) mass is 560 g/mol. The SMILES string of the molecule is Cc1cccc(N(c2cccc(C)c2)c2cc(-c3ccc(O)cc3)cc(N(c3cccc(C)c3)c3cccc(C)c3)c2)c1. The lowest BCUT2D eigenvalue weighted by molar-refractivity contribution is 0.475. The van der Waals surface area contributed by atoms with E-state index in [0.29, 0.717) is 0 Å². The minimum atomic E-state index is 0.252. The third-order valence-corrected chi connectivity index (χ3v) is 7.66. The Balaban J connectivity index is 1.65. The summed E-state index contributed by atoms with van der Waals surface area (Å²) in [5.74, 6) is 0.252. The van der Waals surface area contributed by atoms with E-state index in [2.05, 4.69) is 153 Å². The van der Waals surface area contributed by atoms with Crippen molar-refractivity contribution in [3.8, 4) is 16.9 Å². The normalized spacial score (nSPS) is 10.9. The molecule has 1 N–H and O–H groups in total. The molecule has 3 nitrogen and oxygen atoms in total. The van der Waals surface area contributed by atoms with Crippen molar-refractivity contribution in [2.24, 2.45) is 0 Å². The van der Waals surface area contributed by atoms with Gasteiger partial charge in [0.2, 0.25) is 0 Å². The Morgan fingerprint density at radius 2 is 0.698 bits per heavy atom. The van der Waals surface area contributed by atoms with Gasteiger partial charge >= 0.3 is 0 Å². The summed E-state index contributed by atoms with van der Waals surface area (Å²) in [6.45, 7) is 8.53. The van der Waals surface area contributed by atoms with Crippen molar-refractivity contribution in [1.29, 1.82) is 0 Å². The summed E-state index contributed by atoms with van der Waals surface area (Å²) in [6.07, 6.45) is 0. The van der Waals surface area contributed by atoms with Gasteiger partial charge in [-0.2, -0.15) is 0 Å². The molecule has 0 bridgehead atoms. The Labute approximate surface area is 254 Å². The highest BCUT2D eigenvalue weighted by Crippen LogP contribution is 2.43. The van der Waals surface area contributed by atoms with Gasteiger partial charge in [0.1, 0.15) is 5.75 Å². The fourth-order valence-corrected chi connectivity index (χ4v) is 5.64. The van der Waals surface area contributed by atoms with Crippen molar-refractivity contribution in [2.45, 2.75) is 27.7 Å². The van der Waals surface area contributed by atoms with E-state index in [1.807, 2.05) is 12.1 Å². The quantitative estimate of drug-likeness (QED) is 0.210.